The average Bonchev–Trinajstić information content (AvgIpc) is 3.19. The number of likely N-dealkylation sites (N-methyl/N-ethyl adjacent to an activating group) is 1. The van der Waals surface area contributed by atoms with E-state index in [1.807, 2.05) is 30.3 Å². The van der Waals surface area contributed by atoms with Crippen molar-refractivity contribution < 1.29 is 9.90 Å². The Morgan fingerprint density at radius 1 is 1.41 bits per heavy atom. The molecule has 0 radical (unpaired) electrons. The highest BCUT2D eigenvalue weighted by molar-refractivity contribution is 6.30. The zero-order valence-electron chi connectivity index (χ0n) is 16.5. The summed E-state index contributed by atoms with van der Waals surface area (Å²) in [4.78, 5) is 24.0. The van der Waals surface area contributed by atoms with Gasteiger partial charge in [0.2, 0.25) is 0 Å². The van der Waals surface area contributed by atoms with Gasteiger partial charge in [0.25, 0.3) is 0 Å². The highest BCUT2D eigenvalue weighted by Gasteiger charge is 2.25. The van der Waals surface area contributed by atoms with Crippen LogP contribution in [0.25, 0.3) is 5.70 Å². The third kappa shape index (κ3) is 5.43. The first kappa shape index (κ1) is 21.0. The van der Waals surface area contributed by atoms with Gasteiger partial charge in [-0.2, -0.15) is 0 Å². The SMILES string of the molecule is C=N/C(=C\N(C)CCN1CCC[C@H]1c1ccc(Cl)cc1)c1cc(C(=O)O)ccn1. The molecule has 0 bridgehead atoms. The fourth-order valence-electron chi connectivity index (χ4n) is 3.61. The molecule has 2 heterocycles. The van der Waals surface area contributed by atoms with E-state index < -0.39 is 5.97 Å². The molecular weight excluding hydrogens is 388 g/mol. The first-order chi connectivity index (χ1) is 14.0. The van der Waals surface area contributed by atoms with Crippen LogP contribution in [0.4, 0.5) is 0 Å². The molecule has 2 aromatic rings. The predicted octanol–water partition coefficient (Wildman–Crippen LogP) is 4.20. The van der Waals surface area contributed by atoms with Gasteiger partial charge in [0.05, 0.1) is 11.3 Å². The second-order valence-corrected chi connectivity index (χ2v) is 7.57. The molecule has 1 atom stereocenters. The number of aliphatic imine (C=N–C) groups is 1. The molecule has 0 amide bonds. The first-order valence-electron chi connectivity index (χ1n) is 9.56. The number of carboxylic acids is 1. The topological polar surface area (TPSA) is 69.0 Å². The summed E-state index contributed by atoms with van der Waals surface area (Å²) in [6.45, 7) is 6.39. The molecule has 0 aliphatic carbocycles. The van der Waals surface area contributed by atoms with Gasteiger partial charge in [-0.1, -0.05) is 23.7 Å². The van der Waals surface area contributed by atoms with Crippen molar-refractivity contribution in [3.8, 4) is 0 Å². The van der Waals surface area contributed by atoms with Crippen molar-refractivity contribution >= 4 is 30.0 Å². The highest BCUT2D eigenvalue weighted by atomic mass is 35.5. The zero-order chi connectivity index (χ0) is 20.8. The molecule has 29 heavy (non-hydrogen) atoms. The molecule has 0 saturated carbocycles. The summed E-state index contributed by atoms with van der Waals surface area (Å²) >= 11 is 6.02. The molecule has 152 valence electrons. The lowest BCUT2D eigenvalue weighted by molar-refractivity contribution is 0.0696. The number of nitrogens with zero attached hydrogens (tertiary/aromatic N) is 4. The maximum absolute atomic E-state index is 11.2. The molecule has 3 rings (SSSR count). The van der Waals surface area contributed by atoms with Crippen molar-refractivity contribution in [2.24, 2.45) is 4.99 Å². The van der Waals surface area contributed by atoms with E-state index in [-0.39, 0.29) is 5.56 Å². The van der Waals surface area contributed by atoms with E-state index in [0.717, 1.165) is 31.1 Å². The fraction of sp³-hybridized carbons (Fsp3) is 0.318. The summed E-state index contributed by atoms with van der Waals surface area (Å²) in [5.41, 5.74) is 2.52. The van der Waals surface area contributed by atoms with Crippen LogP contribution in [0.5, 0.6) is 0 Å². The molecule has 1 N–H and O–H groups in total. The number of carbonyl (C=O) groups is 1. The van der Waals surface area contributed by atoms with Gasteiger partial charge in [-0.15, -0.1) is 0 Å². The van der Waals surface area contributed by atoms with Gasteiger partial charge in [0, 0.05) is 43.6 Å². The molecule has 1 aromatic carbocycles. The minimum Gasteiger partial charge on any atom is -0.478 e. The molecule has 7 heteroatoms. The Kier molecular flexibility index (Phi) is 7.01. The minimum atomic E-state index is -0.993. The zero-order valence-corrected chi connectivity index (χ0v) is 17.2. The maximum atomic E-state index is 11.2. The number of carboxylic acid groups (broad SMARTS) is 1. The molecule has 1 aliphatic rings. The van der Waals surface area contributed by atoms with E-state index in [0.29, 0.717) is 17.4 Å². The van der Waals surface area contributed by atoms with Gasteiger partial charge < -0.3 is 10.0 Å². The van der Waals surface area contributed by atoms with Gasteiger partial charge in [-0.05, 0) is 55.9 Å². The van der Waals surface area contributed by atoms with E-state index in [1.165, 1.54) is 30.3 Å². The van der Waals surface area contributed by atoms with Crippen LogP contribution < -0.4 is 0 Å². The van der Waals surface area contributed by atoms with Crippen LogP contribution >= 0.6 is 11.6 Å². The largest absolute Gasteiger partial charge is 0.478 e. The lowest BCUT2D eigenvalue weighted by atomic mass is 10.0. The van der Waals surface area contributed by atoms with Crippen LogP contribution in [0.1, 0.15) is 40.5 Å². The average molecular weight is 413 g/mol. The second-order valence-electron chi connectivity index (χ2n) is 7.13. The van der Waals surface area contributed by atoms with Crippen molar-refractivity contribution in [1.29, 1.82) is 0 Å². The van der Waals surface area contributed by atoms with Crippen molar-refractivity contribution in [3.63, 3.8) is 0 Å². The first-order valence-corrected chi connectivity index (χ1v) is 9.93. The maximum Gasteiger partial charge on any atom is 0.335 e. The summed E-state index contributed by atoms with van der Waals surface area (Å²) in [5, 5.41) is 9.93. The Hall–Kier alpha value is -2.70. The van der Waals surface area contributed by atoms with Gasteiger partial charge in [0.1, 0.15) is 5.70 Å². The third-order valence-corrected chi connectivity index (χ3v) is 5.39. The summed E-state index contributed by atoms with van der Waals surface area (Å²) in [6, 6.07) is 11.5. The van der Waals surface area contributed by atoms with Gasteiger partial charge in [-0.25, -0.2) is 4.79 Å². The number of aromatic nitrogens is 1. The number of halogens is 1. The van der Waals surface area contributed by atoms with Crippen molar-refractivity contribution in [2.45, 2.75) is 18.9 Å². The number of likely N-dealkylation sites (tertiary alicyclic amines) is 1. The lowest BCUT2D eigenvalue weighted by Crippen LogP contribution is -2.31. The van der Waals surface area contributed by atoms with Crippen molar-refractivity contribution in [1.82, 2.24) is 14.8 Å². The summed E-state index contributed by atoms with van der Waals surface area (Å²) in [7, 11) is 1.97. The molecule has 6 nitrogen and oxygen atoms in total. The van der Waals surface area contributed by atoms with Crippen LogP contribution in [0.15, 0.2) is 53.8 Å². The number of hydrogen-bond donors (Lipinski definition) is 1. The monoisotopic (exact) mass is 412 g/mol. The Morgan fingerprint density at radius 2 is 2.17 bits per heavy atom. The second kappa shape index (κ2) is 9.67. The number of benzene rings is 1. The molecular formula is C22H25ClN4O2. The molecule has 1 aliphatic heterocycles. The Bertz CT molecular complexity index is 898. The molecule has 0 spiro atoms. The van der Waals surface area contributed by atoms with Gasteiger partial charge in [0.15, 0.2) is 0 Å². The summed E-state index contributed by atoms with van der Waals surface area (Å²) in [5.74, 6) is -0.993. The summed E-state index contributed by atoms with van der Waals surface area (Å²) < 4.78 is 0. The molecule has 0 unspecified atom stereocenters. The Morgan fingerprint density at radius 3 is 2.86 bits per heavy atom. The lowest BCUT2D eigenvalue weighted by Gasteiger charge is -2.27. The van der Waals surface area contributed by atoms with Crippen molar-refractivity contribution in [3.05, 3.63) is 70.6 Å². The van der Waals surface area contributed by atoms with E-state index in [4.69, 9.17) is 16.7 Å². The number of hydrogen-bond acceptors (Lipinski definition) is 5. The quantitative estimate of drug-likeness (QED) is 0.658. The third-order valence-electron chi connectivity index (χ3n) is 5.14. The number of rotatable bonds is 8. The number of pyridine rings is 1. The van der Waals surface area contributed by atoms with E-state index >= 15 is 0 Å². The molecule has 1 saturated heterocycles. The van der Waals surface area contributed by atoms with Crippen LogP contribution in [0.2, 0.25) is 5.02 Å². The van der Waals surface area contributed by atoms with Gasteiger partial charge in [-0.3, -0.25) is 14.9 Å². The summed E-state index contributed by atoms with van der Waals surface area (Å²) in [6.07, 6.45) is 5.65. The van der Waals surface area contributed by atoms with Gasteiger partial charge >= 0.3 is 5.97 Å². The van der Waals surface area contributed by atoms with E-state index in [2.05, 4.69) is 33.7 Å². The van der Waals surface area contributed by atoms with E-state index in [9.17, 15) is 4.79 Å². The molecule has 1 aromatic heterocycles. The predicted molar refractivity (Wildman–Crippen MR) is 116 cm³/mol. The van der Waals surface area contributed by atoms with E-state index in [1.54, 1.807) is 0 Å². The Labute approximate surface area is 176 Å². The van der Waals surface area contributed by atoms with Crippen LogP contribution in [-0.2, 0) is 0 Å². The van der Waals surface area contributed by atoms with Crippen LogP contribution in [0.3, 0.4) is 0 Å². The molecule has 1 fully saturated rings. The smallest absolute Gasteiger partial charge is 0.335 e. The van der Waals surface area contributed by atoms with Crippen LogP contribution in [0, 0.1) is 0 Å². The standard InChI is InChI=1S/C22H25ClN4O2/c1-24-20(19-14-17(22(28)29)9-10-25-19)15-26(2)12-13-27-11-3-4-21(27)16-5-7-18(23)8-6-16/h5-10,14-15,21H,1,3-4,11-13H2,2H3,(H,28,29)/b20-15-/t21-/m0/s1. The van der Waals surface area contributed by atoms with Crippen molar-refractivity contribution in [2.75, 3.05) is 26.7 Å². The number of aromatic carboxylic acids is 1. The fourth-order valence-corrected chi connectivity index (χ4v) is 3.73. The minimum absolute atomic E-state index is 0.176. The van der Waals surface area contributed by atoms with Crippen LogP contribution in [-0.4, -0.2) is 59.3 Å². The Balaban J connectivity index is 1.65. The highest BCUT2D eigenvalue weighted by Crippen LogP contribution is 2.32. The normalized spacial score (nSPS) is 17.3.